The van der Waals surface area contributed by atoms with Crippen molar-refractivity contribution >= 4 is 19.8 Å². The topological polar surface area (TPSA) is 134 Å². The number of hydrogen-bond donors (Lipinski definition) is 2. The van der Waals surface area contributed by atoms with E-state index >= 15 is 0 Å². The summed E-state index contributed by atoms with van der Waals surface area (Å²) in [4.78, 5) is 34.7. The molecule has 0 aliphatic carbocycles. The molecule has 0 radical (unpaired) electrons. The Morgan fingerprint density at radius 3 is 1.57 bits per heavy atom. The van der Waals surface area contributed by atoms with Gasteiger partial charge < -0.3 is 20.1 Å². The van der Waals surface area contributed by atoms with E-state index in [0.29, 0.717) is 12.8 Å². The number of hydrogen-bond acceptors (Lipinski definition) is 8. The lowest BCUT2D eigenvalue weighted by atomic mass is 10.1. The van der Waals surface area contributed by atoms with Crippen LogP contribution in [0.2, 0.25) is 0 Å². The first kappa shape index (κ1) is 48.5. The Labute approximate surface area is 310 Å². The number of phosphoric acid groups is 1. The van der Waals surface area contributed by atoms with Gasteiger partial charge in [0.1, 0.15) is 6.61 Å². The van der Waals surface area contributed by atoms with E-state index < -0.39 is 32.5 Å². The van der Waals surface area contributed by atoms with E-state index in [2.05, 4.69) is 74.6 Å². The zero-order valence-corrected chi connectivity index (χ0v) is 32.7. The van der Waals surface area contributed by atoms with Gasteiger partial charge in [-0.1, -0.05) is 151 Å². The molecule has 0 aromatic heterocycles. The lowest BCUT2D eigenvalue weighted by Gasteiger charge is -2.19. The van der Waals surface area contributed by atoms with Crippen molar-refractivity contribution < 1.29 is 37.6 Å². The lowest BCUT2D eigenvalue weighted by Crippen LogP contribution is -2.29. The molecule has 0 aromatic rings. The summed E-state index contributed by atoms with van der Waals surface area (Å²) in [5.74, 6) is -0.934. The summed E-state index contributed by atoms with van der Waals surface area (Å²) in [5.41, 5.74) is 5.32. The van der Waals surface area contributed by atoms with Gasteiger partial charge in [-0.15, -0.1) is 0 Å². The van der Waals surface area contributed by atoms with E-state index in [0.717, 1.165) is 57.8 Å². The lowest BCUT2D eigenvalue weighted by molar-refractivity contribution is -0.161. The fourth-order valence-electron chi connectivity index (χ4n) is 4.78. The van der Waals surface area contributed by atoms with E-state index in [1.807, 2.05) is 12.2 Å². The monoisotopic (exact) mass is 735 g/mol. The number of nitrogens with two attached hydrogens (primary N) is 1. The molecule has 1 unspecified atom stereocenters. The molecular weight excluding hydrogens is 665 g/mol. The van der Waals surface area contributed by atoms with Crippen molar-refractivity contribution in [3.63, 3.8) is 0 Å². The Bertz CT molecular complexity index is 1070. The van der Waals surface area contributed by atoms with E-state index in [1.54, 1.807) is 0 Å². The summed E-state index contributed by atoms with van der Waals surface area (Å²) in [7, 11) is -4.39. The zero-order valence-electron chi connectivity index (χ0n) is 31.8. The molecule has 2 atom stereocenters. The van der Waals surface area contributed by atoms with Crippen molar-refractivity contribution in [1.29, 1.82) is 0 Å². The van der Waals surface area contributed by atoms with Crippen LogP contribution in [0.15, 0.2) is 72.9 Å². The molecule has 51 heavy (non-hydrogen) atoms. The van der Waals surface area contributed by atoms with Crippen molar-refractivity contribution in [3.8, 4) is 0 Å². The second-order valence-electron chi connectivity index (χ2n) is 12.4. The van der Waals surface area contributed by atoms with Gasteiger partial charge in [0.05, 0.1) is 13.2 Å². The molecule has 9 nitrogen and oxygen atoms in total. The molecule has 0 bridgehead atoms. The van der Waals surface area contributed by atoms with Crippen LogP contribution in [0.25, 0.3) is 0 Å². The van der Waals surface area contributed by atoms with Crippen molar-refractivity contribution in [2.24, 2.45) is 5.73 Å². The van der Waals surface area contributed by atoms with Crippen molar-refractivity contribution in [2.75, 3.05) is 26.4 Å². The fourth-order valence-corrected chi connectivity index (χ4v) is 5.54. The zero-order chi connectivity index (χ0) is 37.5. The SMILES string of the molecule is CCC=CCC=CCC=CCC=CCC=CCC=CCCC(=O)OC[C@H](COP(=O)(O)OCCN)OC(=O)CCCCCCCCCCCCC. The predicted molar refractivity (Wildman–Crippen MR) is 210 cm³/mol. The molecule has 0 rings (SSSR count). The maximum absolute atomic E-state index is 12.5. The Kier molecular flexibility index (Phi) is 35.4. The highest BCUT2D eigenvalue weighted by atomic mass is 31.2. The number of phosphoric ester groups is 1. The molecule has 0 heterocycles. The van der Waals surface area contributed by atoms with Crippen LogP contribution < -0.4 is 5.73 Å². The Hall–Kier alpha value is -2.55. The third kappa shape index (κ3) is 37.0. The third-order valence-electron chi connectivity index (χ3n) is 7.62. The average Bonchev–Trinajstić information content (AvgIpc) is 3.11. The quantitative estimate of drug-likeness (QED) is 0.0282. The molecule has 0 saturated heterocycles. The number of esters is 2. The molecule has 0 aromatic carbocycles. The smallest absolute Gasteiger partial charge is 0.462 e. The molecule has 0 fully saturated rings. The number of unbranched alkanes of at least 4 members (excludes halogenated alkanes) is 10. The highest BCUT2D eigenvalue weighted by Gasteiger charge is 2.25. The molecule has 0 saturated carbocycles. The summed E-state index contributed by atoms with van der Waals surface area (Å²) in [6.07, 6.45) is 43.8. The van der Waals surface area contributed by atoms with Crippen LogP contribution in [-0.4, -0.2) is 49.3 Å². The minimum absolute atomic E-state index is 0.0413. The number of carbonyl (C=O) groups is 2. The molecule has 0 aliphatic heterocycles. The summed E-state index contributed by atoms with van der Waals surface area (Å²) in [6.45, 7) is 3.49. The first-order chi connectivity index (χ1) is 24.8. The second kappa shape index (κ2) is 37.2. The summed E-state index contributed by atoms with van der Waals surface area (Å²) >= 11 is 0. The predicted octanol–water partition coefficient (Wildman–Crippen LogP) is 10.7. The van der Waals surface area contributed by atoms with E-state index in [4.69, 9.17) is 24.3 Å². The molecular formula is C41H70NO8P. The maximum atomic E-state index is 12.5. The first-order valence-corrected chi connectivity index (χ1v) is 20.9. The van der Waals surface area contributed by atoms with Crippen LogP contribution in [-0.2, 0) is 32.7 Å². The van der Waals surface area contributed by atoms with Crippen molar-refractivity contribution in [2.45, 2.75) is 148 Å². The molecule has 10 heteroatoms. The number of carbonyl (C=O) groups excluding carboxylic acids is 2. The third-order valence-corrected chi connectivity index (χ3v) is 8.60. The van der Waals surface area contributed by atoms with Gasteiger partial charge in [-0.2, -0.15) is 0 Å². The summed E-state index contributed by atoms with van der Waals surface area (Å²) in [6, 6.07) is 0. The van der Waals surface area contributed by atoms with Crippen molar-refractivity contribution in [1.82, 2.24) is 0 Å². The Balaban J connectivity index is 4.34. The average molecular weight is 736 g/mol. The Morgan fingerprint density at radius 1 is 0.608 bits per heavy atom. The molecule has 292 valence electrons. The molecule has 0 amide bonds. The molecule has 0 aliphatic rings. The Morgan fingerprint density at radius 2 is 1.08 bits per heavy atom. The van der Waals surface area contributed by atoms with E-state index in [-0.39, 0.29) is 32.6 Å². The van der Waals surface area contributed by atoms with Crippen LogP contribution in [0, 0.1) is 0 Å². The van der Waals surface area contributed by atoms with Crippen LogP contribution in [0.1, 0.15) is 142 Å². The highest BCUT2D eigenvalue weighted by Crippen LogP contribution is 2.43. The minimum atomic E-state index is -4.39. The number of allylic oxidation sites excluding steroid dienone is 12. The van der Waals surface area contributed by atoms with Gasteiger partial charge in [-0.25, -0.2) is 4.57 Å². The summed E-state index contributed by atoms with van der Waals surface area (Å²) in [5, 5.41) is 0. The number of rotatable bonds is 35. The summed E-state index contributed by atoms with van der Waals surface area (Å²) < 4.78 is 32.5. The highest BCUT2D eigenvalue weighted by molar-refractivity contribution is 7.47. The van der Waals surface area contributed by atoms with Gasteiger partial charge in [-0.05, 0) is 51.4 Å². The van der Waals surface area contributed by atoms with Gasteiger partial charge >= 0.3 is 19.8 Å². The minimum Gasteiger partial charge on any atom is -0.462 e. The van der Waals surface area contributed by atoms with Crippen LogP contribution in [0.4, 0.5) is 0 Å². The van der Waals surface area contributed by atoms with Gasteiger partial charge in [0.25, 0.3) is 0 Å². The fraction of sp³-hybridized carbons (Fsp3) is 0.659. The maximum Gasteiger partial charge on any atom is 0.472 e. The largest absolute Gasteiger partial charge is 0.472 e. The standard InChI is InChI=1S/C41H70NO8P/c1-3-5-7-9-11-13-15-16-17-18-19-20-21-22-24-25-27-29-31-33-40(43)47-37-39(38-49-51(45,46)48-36-35-42)50-41(44)34-32-30-28-26-23-14-12-10-8-6-4-2/h5,7,11,13,16-17,19-20,22,24,27,29,39H,3-4,6,8-10,12,14-15,18,21,23,25-26,28,30-38,42H2,1-2H3,(H,45,46)/t39-/m1/s1. The van der Waals surface area contributed by atoms with Gasteiger partial charge in [0, 0.05) is 19.4 Å². The van der Waals surface area contributed by atoms with Crippen molar-refractivity contribution in [3.05, 3.63) is 72.9 Å². The normalized spacial score (nSPS) is 14.2. The van der Waals surface area contributed by atoms with Crippen LogP contribution in [0.5, 0.6) is 0 Å². The number of ether oxygens (including phenoxy) is 2. The van der Waals surface area contributed by atoms with Gasteiger partial charge in [0.2, 0.25) is 0 Å². The van der Waals surface area contributed by atoms with E-state index in [1.165, 1.54) is 44.9 Å². The van der Waals surface area contributed by atoms with Crippen LogP contribution in [0.3, 0.4) is 0 Å². The van der Waals surface area contributed by atoms with Gasteiger partial charge in [-0.3, -0.25) is 18.6 Å². The molecule has 0 spiro atoms. The second-order valence-corrected chi connectivity index (χ2v) is 13.9. The first-order valence-electron chi connectivity index (χ1n) is 19.4. The van der Waals surface area contributed by atoms with Crippen LogP contribution >= 0.6 is 7.82 Å². The van der Waals surface area contributed by atoms with Gasteiger partial charge in [0.15, 0.2) is 6.10 Å². The van der Waals surface area contributed by atoms with E-state index in [9.17, 15) is 19.0 Å². The molecule has 3 N–H and O–H groups in total.